The first kappa shape index (κ1) is 15.4. The molecule has 0 bridgehead atoms. The number of halogens is 2. The smallest absolute Gasteiger partial charge is 0.260 e. The minimum Gasteiger partial charge on any atom is -0.484 e. The quantitative estimate of drug-likeness (QED) is 0.780. The largest absolute Gasteiger partial charge is 0.484 e. The van der Waals surface area contributed by atoms with Crippen LogP contribution in [0, 0.1) is 0 Å². The van der Waals surface area contributed by atoms with Gasteiger partial charge in [0.1, 0.15) is 5.75 Å². The summed E-state index contributed by atoms with van der Waals surface area (Å²) in [6.07, 6.45) is 0. The number of benzene rings is 1. The summed E-state index contributed by atoms with van der Waals surface area (Å²) in [5.41, 5.74) is 0. The van der Waals surface area contributed by atoms with Crippen molar-refractivity contribution >= 4 is 29.1 Å². The van der Waals surface area contributed by atoms with Crippen molar-refractivity contribution in [1.29, 1.82) is 0 Å². The Kier molecular flexibility index (Phi) is 5.95. The number of ether oxygens (including phenoxy) is 1. The lowest BCUT2D eigenvalue weighted by Gasteiger charge is -2.34. The van der Waals surface area contributed by atoms with E-state index in [1.807, 2.05) is 4.90 Å². The molecular weight excluding hydrogens is 299 g/mol. The average molecular weight is 317 g/mol. The first-order valence-corrected chi connectivity index (χ1v) is 7.55. The summed E-state index contributed by atoms with van der Waals surface area (Å²) in [5, 5.41) is 0.652. The van der Waals surface area contributed by atoms with Crippen LogP contribution in [0.2, 0.25) is 5.02 Å². The Labute approximate surface area is 129 Å². The van der Waals surface area contributed by atoms with Crippen LogP contribution in [-0.2, 0) is 4.79 Å². The number of rotatable bonds is 5. The summed E-state index contributed by atoms with van der Waals surface area (Å²) in [6.45, 7) is 4.17. The molecule has 20 heavy (non-hydrogen) atoms. The van der Waals surface area contributed by atoms with Crippen LogP contribution in [-0.4, -0.2) is 60.9 Å². The number of hydrogen-bond acceptors (Lipinski definition) is 3. The first-order chi connectivity index (χ1) is 9.69. The molecule has 0 aliphatic carbocycles. The highest BCUT2D eigenvalue weighted by Gasteiger charge is 2.20. The number of alkyl halides is 1. The molecule has 0 saturated carbocycles. The predicted octanol–water partition coefficient (Wildman–Crippen LogP) is 2.10. The van der Waals surface area contributed by atoms with Gasteiger partial charge in [0.05, 0.1) is 0 Å². The second-order valence-corrected chi connectivity index (χ2v) is 5.47. The highest BCUT2D eigenvalue weighted by Crippen LogP contribution is 2.15. The monoisotopic (exact) mass is 316 g/mol. The number of piperazine rings is 1. The van der Waals surface area contributed by atoms with Crippen molar-refractivity contribution in [3.63, 3.8) is 0 Å². The molecule has 6 heteroatoms. The van der Waals surface area contributed by atoms with Crippen LogP contribution in [0.4, 0.5) is 0 Å². The molecule has 110 valence electrons. The van der Waals surface area contributed by atoms with Gasteiger partial charge in [-0.2, -0.15) is 0 Å². The first-order valence-electron chi connectivity index (χ1n) is 6.63. The minimum atomic E-state index is 0.0190. The van der Waals surface area contributed by atoms with Crippen molar-refractivity contribution in [1.82, 2.24) is 9.80 Å². The lowest BCUT2D eigenvalue weighted by molar-refractivity contribution is -0.135. The van der Waals surface area contributed by atoms with E-state index in [0.29, 0.717) is 16.7 Å². The molecule has 0 spiro atoms. The molecule has 0 unspecified atom stereocenters. The molecule has 1 aromatic carbocycles. The summed E-state index contributed by atoms with van der Waals surface area (Å²) in [7, 11) is 0. The third-order valence-electron chi connectivity index (χ3n) is 3.30. The van der Waals surface area contributed by atoms with Crippen LogP contribution in [0.5, 0.6) is 5.75 Å². The third-order valence-corrected chi connectivity index (χ3v) is 3.72. The molecule has 2 rings (SSSR count). The van der Waals surface area contributed by atoms with Gasteiger partial charge in [-0.05, 0) is 24.3 Å². The van der Waals surface area contributed by atoms with E-state index in [2.05, 4.69) is 4.90 Å². The van der Waals surface area contributed by atoms with E-state index in [0.717, 1.165) is 32.7 Å². The molecule has 0 N–H and O–H groups in total. The number of carbonyl (C=O) groups excluding carboxylic acids is 1. The van der Waals surface area contributed by atoms with E-state index in [1.165, 1.54) is 0 Å². The maximum absolute atomic E-state index is 12.0. The molecule has 1 heterocycles. The Balaban J connectivity index is 1.74. The van der Waals surface area contributed by atoms with Crippen LogP contribution in [0.15, 0.2) is 24.3 Å². The fourth-order valence-electron chi connectivity index (χ4n) is 2.11. The van der Waals surface area contributed by atoms with Gasteiger partial charge < -0.3 is 9.64 Å². The normalized spacial score (nSPS) is 16.2. The number of carbonyl (C=O) groups is 1. The van der Waals surface area contributed by atoms with Crippen LogP contribution in [0.3, 0.4) is 0 Å². The van der Waals surface area contributed by atoms with Crippen LogP contribution in [0.1, 0.15) is 0 Å². The van der Waals surface area contributed by atoms with Crippen LogP contribution < -0.4 is 4.74 Å². The van der Waals surface area contributed by atoms with Crippen molar-refractivity contribution in [2.75, 3.05) is 45.2 Å². The number of amides is 1. The van der Waals surface area contributed by atoms with Gasteiger partial charge in [0.15, 0.2) is 6.61 Å². The predicted molar refractivity (Wildman–Crippen MR) is 80.7 cm³/mol. The van der Waals surface area contributed by atoms with Crippen LogP contribution in [0.25, 0.3) is 0 Å². The summed E-state index contributed by atoms with van der Waals surface area (Å²) in [5.74, 6) is 1.31. The van der Waals surface area contributed by atoms with Gasteiger partial charge in [-0.3, -0.25) is 9.69 Å². The van der Waals surface area contributed by atoms with Gasteiger partial charge in [0, 0.05) is 43.6 Å². The summed E-state index contributed by atoms with van der Waals surface area (Å²) in [4.78, 5) is 16.1. The Morgan fingerprint density at radius 1 is 1.15 bits per heavy atom. The Hall–Kier alpha value is -0.970. The van der Waals surface area contributed by atoms with Gasteiger partial charge in [-0.1, -0.05) is 11.6 Å². The van der Waals surface area contributed by atoms with E-state index < -0.39 is 0 Å². The SMILES string of the molecule is O=C(COc1ccc(Cl)cc1)N1CCN(CCCl)CC1. The zero-order valence-corrected chi connectivity index (χ0v) is 12.7. The Bertz CT molecular complexity index is 431. The molecule has 1 amide bonds. The molecule has 1 aliphatic rings. The molecule has 1 saturated heterocycles. The van der Waals surface area contributed by atoms with Crippen molar-refractivity contribution in [3.05, 3.63) is 29.3 Å². The third kappa shape index (κ3) is 4.54. The van der Waals surface area contributed by atoms with Crippen molar-refractivity contribution in [2.45, 2.75) is 0 Å². The maximum Gasteiger partial charge on any atom is 0.260 e. The van der Waals surface area contributed by atoms with Crippen molar-refractivity contribution in [2.24, 2.45) is 0 Å². The van der Waals surface area contributed by atoms with Gasteiger partial charge >= 0.3 is 0 Å². The minimum absolute atomic E-state index is 0.0190. The van der Waals surface area contributed by atoms with Gasteiger partial charge in [0.25, 0.3) is 5.91 Å². The Morgan fingerprint density at radius 2 is 1.80 bits per heavy atom. The van der Waals surface area contributed by atoms with Gasteiger partial charge in [-0.25, -0.2) is 0 Å². The molecule has 1 fully saturated rings. The maximum atomic E-state index is 12.0. The number of nitrogens with zero attached hydrogens (tertiary/aromatic N) is 2. The summed E-state index contributed by atoms with van der Waals surface area (Å²) in [6, 6.07) is 7.00. The lowest BCUT2D eigenvalue weighted by Crippen LogP contribution is -2.50. The molecular formula is C14H18Cl2N2O2. The van der Waals surface area contributed by atoms with Crippen molar-refractivity contribution < 1.29 is 9.53 Å². The lowest BCUT2D eigenvalue weighted by atomic mass is 10.3. The Morgan fingerprint density at radius 3 is 2.40 bits per heavy atom. The molecule has 1 aliphatic heterocycles. The zero-order chi connectivity index (χ0) is 14.4. The number of hydrogen-bond donors (Lipinski definition) is 0. The summed E-state index contributed by atoms with van der Waals surface area (Å²) >= 11 is 11.5. The standard InChI is InChI=1S/C14H18Cl2N2O2/c15-5-6-17-7-9-18(10-8-17)14(19)11-20-13-3-1-12(16)2-4-13/h1-4H,5-11H2. The van der Waals surface area contributed by atoms with E-state index in [-0.39, 0.29) is 12.5 Å². The second kappa shape index (κ2) is 7.72. The van der Waals surface area contributed by atoms with Gasteiger partial charge in [0.2, 0.25) is 0 Å². The van der Waals surface area contributed by atoms with Crippen LogP contribution >= 0.6 is 23.2 Å². The van der Waals surface area contributed by atoms with Gasteiger partial charge in [-0.15, -0.1) is 11.6 Å². The highest BCUT2D eigenvalue weighted by molar-refractivity contribution is 6.30. The summed E-state index contributed by atoms with van der Waals surface area (Å²) < 4.78 is 5.47. The molecule has 0 radical (unpaired) electrons. The molecule has 4 nitrogen and oxygen atoms in total. The second-order valence-electron chi connectivity index (χ2n) is 4.65. The van der Waals surface area contributed by atoms with E-state index in [1.54, 1.807) is 24.3 Å². The molecule has 1 aromatic rings. The highest BCUT2D eigenvalue weighted by atomic mass is 35.5. The van der Waals surface area contributed by atoms with E-state index in [9.17, 15) is 4.79 Å². The topological polar surface area (TPSA) is 32.8 Å². The van der Waals surface area contributed by atoms with E-state index in [4.69, 9.17) is 27.9 Å². The fourth-order valence-corrected chi connectivity index (χ4v) is 2.47. The average Bonchev–Trinajstić information content (AvgIpc) is 2.47. The van der Waals surface area contributed by atoms with E-state index >= 15 is 0 Å². The zero-order valence-electron chi connectivity index (χ0n) is 11.2. The van der Waals surface area contributed by atoms with Crippen molar-refractivity contribution in [3.8, 4) is 5.75 Å². The molecule has 0 aromatic heterocycles. The molecule has 0 atom stereocenters. The fraction of sp³-hybridized carbons (Fsp3) is 0.500.